The van der Waals surface area contributed by atoms with Crippen LogP contribution in [0.4, 0.5) is 0 Å². The first-order valence-electron chi connectivity index (χ1n) is 29.9. The lowest BCUT2D eigenvalue weighted by molar-refractivity contribution is 0.171. The number of rotatable bonds is 55. The summed E-state index contributed by atoms with van der Waals surface area (Å²) >= 11 is 0. The zero-order chi connectivity index (χ0) is 44.3. The van der Waals surface area contributed by atoms with E-state index in [2.05, 4.69) is 39.5 Å². The second-order valence-electron chi connectivity index (χ2n) is 21.2. The molecule has 0 unspecified atom stereocenters. The Morgan fingerprint density at radius 2 is 0.328 bits per heavy atom. The number of unbranched alkanes of at least 4 members (excludes halogenated alkanes) is 41. The van der Waals surface area contributed by atoms with Gasteiger partial charge in [0.1, 0.15) is 0 Å². The lowest BCUT2D eigenvalue weighted by Crippen LogP contribution is -2.27. The van der Waals surface area contributed by atoms with Gasteiger partial charge < -0.3 is 4.90 Å². The molecule has 0 aliphatic carbocycles. The third-order valence-corrected chi connectivity index (χ3v) is 15.0. The van der Waals surface area contributed by atoms with Crippen LogP contribution in [0.3, 0.4) is 0 Å². The summed E-state index contributed by atoms with van der Waals surface area (Å²) in [4.78, 5) is 2.89. The van der Waals surface area contributed by atoms with Crippen LogP contribution in [0.1, 0.15) is 362 Å². The molecule has 0 saturated heterocycles. The predicted octanol–water partition coefficient (Wildman–Crippen LogP) is 22.3. The zero-order valence-corrected chi connectivity index (χ0v) is 44.1. The highest BCUT2D eigenvalue weighted by atomic mass is 15.1. The van der Waals surface area contributed by atoms with Crippen LogP contribution in [-0.4, -0.2) is 24.5 Å². The molecule has 0 aliphatic heterocycles. The molecule has 0 fully saturated rings. The average molecular weight is 859 g/mol. The van der Waals surface area contributed by atoms with Gasteiger partial charge in [-0.1, -0.05) is 317 Å². The van der Waals surface area contributed by atoms with Crippen molar-refractivity contribution >= 4 is 0 Å². The highest BCUT2D eigenvalue weighted by Gasteiger charge is 2.28. The molecule has 0 amide bonds. The topological polar surface area (TPSA) is 3.24 Å². The van der Waals surface area contributed by atoms with E-state index in [4.69, 9.17) is 0 Å². The molecule has 368 valence electrons. The SMILES string of the molecule is CCCCCCCCCCCCN(CCCCCCCCCCCC)CCCCCCCCCCCC(CCCCCCCC)(CCCCCCCC)CCCCCCCC. The second kappa shape index (κ2) is 52.6. The van der Waals surface area contributed by atoms with E-state index < -0.39 is 0 Å². The Balaban J connectivity index is 4.63. The minimum atomic E-state index is 0.662. The van der Waals surface area contributed by atoms with Crippen LogP contribution < -0.4 is 0 Å². The largest absolute Gasteiger partial charge is 0.303 e. The fourth-order valence-corrected chi connectivity index (χ4v) is 10.6. The first-order valence-corrected chi connectivity index (χ1v) is 29.9. The summed E-state index contributed by atoms with van der Waals surface area (Å²) in [7, 11) is 0. The number of nitrogens with zero attached hydrogens (tertiary/aromatic N) is 1. The normalized spacial score (nSPS) is 12.1. The van der Waals surface area contributed by atoms with Crippen LogP contribution in [0.25, 0.3) is 0 Å². The fourth-order valence-electron chi connectivity index (χ4n) is 10.6. The summed E-state index contributed by atoms with van der Waals surface area (Å²) in [5, 5.41) is 0. The van der Waals surface area contributed by atoms with Crippen LogP contribution >= 0.6 is 0 Å². The molecule has 1 nitrogen and oxygen atoms in total. The van der Waals surface area contributed by atoms with Gasteiger partial charge in [-0.15, -0.1) is 0 Å². The summed E-state index contributed by atoms with van der Waals surface area (Å²) < 4.78 is 0. The minimum absolute atomic E-state index is 0.662. The molecule has 0 aromatic carbocycles. The number of hydrogen-bond acceptors (Lipinski definition) is 1. The smallest absolute Gasteiger partial charge is 0.00187 e. The molecular formula is C60H123N. The number of hydrogen-bond donors (Lipinski definition) is 0. The molecule has 0 radical (unpaired) electrons. The van der Waals surface area contributed by atoms with E-state index in [9.17, 15) is 0 Å². The van der Waals surface area contributed by atoms with Crippen molar-refractivity contribution in [1.29, 1.82) is 0 Å². The monoisotopic (exact) mass is 858 g/mol. The van der Waals surface area contributed by atoms with Crippen molar-refractivity contribution in [2.24, 2.45) is 5.41 Å². The summed E-state index contributed by atoms with van der Waals surface area (Å²) in [6, 6.07) is 0. The molecule has 0 saturated carbocycles. The van der Waals surface area contributed by atoms with E-state index >= 15 is 0 Å². The zero-order valence-electron chi connectivity index (χ0n) is 44.1. The van der Waals surface area contributed by atoms with Gasteiger partial charge >= 0.3 is 0 Å². The molecule has 0 aromatic rings. The van der Waals surface area contributed by atoms with Crippen LogP contribution in [0.5, 0.6) is 0 Å². The van der Waals surface area contributed by atoms with Gasteiger partial charge in [0.25, 0.3) is 0 Å². The Kier molecular flexibility index (Phi) is 52.5. The Bertz CT molecular complexity index is 694. The molecule has 0 heterocycles. The molecule has 0 N–H and O–H groups in total. The van der Waals surface area contributed by atoms with Gasteiger partial charge in [0.15, 0.2) is 0 Å². The van der Waals surface area contributed by atoms with E-state index in [0.29, 0.717) is 5.41 Å². The lowest BCUT2D eigenvalue weighted by atomic mass is 9.70. The molecule has 0 atom stereocenters. The summed E-state index contributed by atoms with van der Waals surface area (Å²) in [6.45, 7) is 15.8. The summed E-state index contributed by atoms with van der Waals surface area (Å²) in [5.41, 5.74) is 0.662. The van der Waals surface area contributed by atoms with Gasteiger partial charge in [0, 0.05) is 0 Å². The summed E-state index contributed by atoms with van der Waals surface area (Å²) in [5.74, 6) is 0. The molecule has 0 rings (SSSR count). The highest BCUT2D eigenvalue weighted by molar-refractivity contribution is 4.80. The van der Waals surface area contributed by atoms with Gasteiger partial charge in [0.2, 0.25) is 0 Å². The van der Waals surface area contributed by atoms with E-state index in [1.165, 1.54) is 321 Å². The molecule has 0 aliphatic rings. The summed E-state index contributed by atoms with van der Waals surface area (Å²) in [6.07, 6.45) is 74.9. The van der Waals surface area contributed by atoms with Crippen molar-refractivity contribution in [1.82, 2.24) is 4.90 Å². The van der Waals surface area contributed by atoms with Crippen LogP contribution in [0, 0.1) is 5.41 Å². The van der Waals surface area contributed by atoms with Crippen molar-refractivity contribution in [3.63, 3.8) is 0 Å². The molecule has 1 heteroatoms. The Morgan fingerprint density at radius 1 is 0.180 bits per heavy atom. The Morgan fingerprint density at radius 3 is 0.508 bits per heavy atom. The fraction of sp³-hybridized carbons (Fsp3) is 1.00. The molecule has 0 bridgehead atoms. The Labute approximate surface area is 390 Å². The third kappa shape index (κ3) is 46.3. The maximum atomic E-state index is 2.89. The third-order valence-electron chi connectivity index (χ3n) is 15.0. The highest BCUT2D eigenvalue weighted by Crippen LogP contribution is 2.42. The van der Waals surface area contributed by atoms with Gasteiger partial charge in [0.05, 0.1) is 0 Å². The van der Waals surface area contributed by atoms with Gasteiger partial charge in [-0.2, -0.15) is 0 Å². The molecule has 61 heavy (non-hydrogen) atoms. The maximum Gasteiger partial charge on any atom is -0.00187 e. The van der Waals surface area contributed by atoms with Crippen molar-refractivity contribution < 1.29 is 0 Å². The Hall–Kier alpha value is -0.0400. The van der Waals surface area contributed by atoms with Gasteiger partial charge in [-0.3, -0.25) is 0 Å². The molecule has 0 aromatic heterocycles. The minimum Gasteiger partial charge on any atom is -0.303 e. The van der Waals surface area contributed by atoms with Gasteiger partial charge in [-0.05, 0) is 70.0 Å². The van der Waals surface area contributed by atoms with Crippen LogP contribution in [-0.2, 0) is 0 Å². The standard InChI is InChI=1S/C60H123N/c1-6-11-16-21-26-28-32-36-43-50-57-61(58-51-44-37-33-29-27-22-17-12-7-2)59-52-45-38-34-30-31-35-42-49-56-60(53-46-39-23-18-13-8-3,54-47-40-24-19-14-9-4)55-48-41-25-20-15-10-5/h6-59H2,1-5H3. The van der Waals surface area contributed by atoms with E-state index in [-0.39, 0.29) is 0 Å². The van der Waals surface area contributed by atoms with Gasteiger partial charge in [-0.25, -0.2) is 0 Å². The van der Waals surface area contributed by atoms with E-state index in [0.717, 1.165) is 0 Å². The quantitative estimate of drug-likeness (QED) is 0.0551. The predicted molar refractivity (Wildman–Crippen MR) is 283 cm³/mol. The van der Waals surface area contributed by atoms with Crippen LogP contribution in [0.2, 0.25) is 0 Å². The molecule has 0 spiro atoms. The first kappa shape index (κ1) is 61.0. The van der Waals surface area contributed by atoms with E-state index in [1.54, 1.807) is 25.7 Å². The van der Waals surface area contributed by atoms with Crippen molar-refractivity contribution in [2.75, 3.05) is 19.6 Å². The lowest BCUT2D eigenvalue weighted by Gasteiger charge is -2.35. The van der Waals surface area contributed by atoms with E-state index in [1.807, 2.05) is 0 Å². The van der Waals surface area contributed by atoms with Crippen molar-refractivity contribution in [3.05, 3.63) is 0 Å². The van der Waals surface area contributed by atoms with Crippen molar-refractivity contribution in [3.8, 4) is 0 Å². The average Bonchev–Trinajstić information content (AvgIpc) is 3.27. The second-order valence-corrected chi connectivity index (χ2v) is 21.2. The first-order chi connectivity index (χ1) is 30.2. The van der Waals surface area contributed by atoms with Crippen LogP contribution in [0.15, 0.2) is 0 Å². The van der Waals surface area contributed by atoms with Crippen molar-refractivity contribution in [2.45, 2.75) is 362 Å². The maximum absolute atomic E-state index is 2.89. The molecular weight excluding hydrogens is 735 g/mol.